The van der Waals surface area contributed by atoms with Gasteiger partial charge in [-0.1, -0.05) is 67.0 Å². The summed E-state index contributed by atoms with van der Waals surface area (Å²) < 4.78 is 12.2. The van der Waals surface area contributed by atoms with Crippen LogP contribution >= 0.6 is 0 Å². The first kappa shape index (κ1) is 29.2. The zero-order valence-electron chi connectivity index (χ0n) is 24.6. The maximum Gasteiger partial charge on any atom is 0.439 e. The number of hydrogen-bond donors (Lipinski definition) is 1. The zero-order valence-corrected chi connectivity index (χ0v) is 24.6. The maximum atomic E-state index is 13.9. The molecule has 1 amide bonds. The second-order valence-corrected chi connectivity index (χ2v) is 11.0. The standard InChI is InChI=1S/C32H37N5O5/c1-5-6-11-28-33-22(4)27(16-29(38)36-17-20(2)41-21(3)18-36)31(39)37(28)19-23-12-14-24(15-13-23)25-9-7-8-10-26(25)30-34-32(40)42-35-30/h7-10,12-15,20-21H,5-6,11,16-19H2,1-4H3,(H,34,35,40). The first-order chi connectivity index (χ1) is 20.2. The normalized spacial score (nSPS) is 17.0. The van der Waals surface area contributed by atoms with E-state index in [0.29, 0.717) is 43.1 Å². The van der Waals surface area contributed by atoms with Crippen LogP contribution < -0.4 is 11.3 Å². The van der Waals surface area contributed by atoms with Crippen LogP contribution in [-0.2, 0) is 28.9 Å². The maximum absolute atomic E-state index is 13.9. The quantitative estimate of drug-likeness (QED) is 0.320. The van der Waals surface area contributed by atoms with Crippen LogP contribution in [0, 0.1) is 6.92 Å². The minimum Gasteiger partial charge on any atom is -0.372 e. The number of aryl methyl sites for hydroxylation is 2. The molecule has 220 valence electrons. The van der Waals surface area contributed by atoms with Gasteiger partial charge in [0.2, 0.25) is 5.91 Å². The van der Waals surface area contributed by atoms with Gasteiger partial charge in [0, 0.05) is 36.3 Å². The number of rotatable bonds is 9. The minimum absolute atomic E-state index is 0.0189. The highest BCUT2D eigenvalue weighted by Crippen LogP contribution is 2.30. The molecule has 10 nitrogen and oxygen atoms in total. The van der Waals surface area contributed by atoms with Gasteiger partial charge in [-0.15, -0.1) is 0 Å². The summed E-state index contributed by atoms with van der Waals surface area (Å²) in [7, 11) is 0. The summed E-state index contributed by atoms with van der Waals surface area (Å²) in [5, 5.41) is 3.84. The van der Waals surface area contributed by atoms with Gasteiger partial charge in [0.05, 0.1) is 25.2 Å². The SMILES string of the molecule is CCCCc1nc(C)c(CC(=O)N2CC(C)OC(C)C2)c(=O)n1Cc1ccc(-c2ccccc2-c2noc(=O)[nH]2)cc1. The fourth-order valence-electron chi connectivity index (χ4n) is 5.55. The van der Waals surface area contributed by atoms with Gasteiger partial charge in [-0.3, -0.25) is 23.7 Å². The van der Waals surface area contributed by atoms with Gasteiger partial charge in [-0.25, -0.2) is 9.78 Å². The van der Waals surface area contributed by atoms with E-state index < -0.39 is 5.76 Å². The lowest BCUT2D eigenvalue weighted by Crippen LogP contribution is -2.49. The number of amides is 1. The van der Waals surface area contributed by atoms with Gasteiger partial charge in [0.1, 0.15) is 5.82 Å². The molecule has 1 aliphatic heterocycles. The molecule has 0 saturated carbocycles. The van der Waals surface area contributed by atoms with Crippen molar-refractivity contribution >= 4 is 5.91 Å². The molecule has 0 radical (unpaired) electrons. The van der Waals surface area contributed by atoms with Crippen LogP contribution in [0.5, 0.6) is 0 Å². The molecular formula is C32H37N5O5. The summed E-state index contributed by atoms with van der Waals surface area (Å²) >= 11 is 0. The van der Waals surface area contributed by atoms with Crippen molar-refractivity contribution in [1.29, 1.82) is 0 Å². The van der Waals surface area contributed by atoms with Crippen molar-refractivity contribution in [1.82, 2.24) is 24.6 Å². The monoisotopic (exact) mass is 571 g/mol. The number of benzene rings is 2. The predicted molar refractivity (Wildman–Crippen MR) is 159 cm³/mol. The van der Waals surface area contributed by atoms with Crippen LogP contribution in [0.15, 0.2) is 62.6 Å². The highest BCUT2D eigenvalue weighted by atomic mass is 16.5. The average Bonchev–Trinajstić information content (AvgIpc) is 3.41. The Morgan fingerprint density at radius 3 is 2.36 bits per heavy atom. The van der Waals surface area contributed by atoms with Crippen LogP contribution in [-0.4, -0.2) is 55.8 Å². The molecule has 2 aromatic carbocycles. The molecule has 1 N–H and O–H groups in total. The van der Waals surface area contributed by atoms with E-state index in [1.165, 1.54) is 0 Å². The molecule has 2 aromatic heterocycles. The number of ether oxygens (including phenoxy) is 1. The van der Waals surface area contributed by atoms with Gasteiger partial charge in [-0.05, 0) is 43.9 Å². The van der Waals surface area contributed by atoms with Gasteiger partial charge in [-0.2, -0.15) is 0 Å². The second kappa shape index (κ2) is 12.7. The lowest BCUT2D eigenvalue weighted by molar-refractivity contribution is -0.142. The van der Waals surface area contributed by atoms with Crippen molar-refractivity contribution in [2.75, 3.05) is 13.1 Å². The largest absolute Gasteiger partial charge is 0.439 e. The van der Waals surface area contributed by atoms with Crippen molar-refractivity contribution in [2.24, 2.45) is 0 Å². The number of nitrogens with one attached hydrogen (secondary N) is 1. The van der Waals surface area contributed by atoms with E-state index in [1.807, 2.05) is 69.3 Å². The Morgan fingerprint density at radius 2 is 1.71 bits per heavy atom. The fraction of sp³-hybridized carbons (Fsp3) is 0.406. The summed E-state index contributed by atoms with van der Waals surface area (Å²) in [6.07, 6.45) is 2.50. The number of carbonyl (C=O) groups excluding carboxylic acids is 1. The summed E-state index contributed by atoms with van der Waals surface area (Å²) in [5.41, 5.74) is 4.39. The van der Waals surface area contributed by atoms with E-state index >= 15 is 0 Å². The Morgan fingerprint density at radius 1 is 1.02 bits per heavy atom. The Balaban J connectivity index is 1.43. The number of hydrogen-bond acceptors (Lipinski definition) is 7. The molecule has 4 aromatic rings. The molecule has 0 aliphatic carbocycles. The summed E-state index contributed by atoms with van der Waals surface area (Å²) in [6.45, 7) is 9.22. The van der Waals surface area contributed by atoms with E-state index in [2.05, 4.69) is 17.1 Å². The third kappa shape index (κ3) is 6.44. The van der Waals surface area contributed by atoms with Gasteiger partial charge >= 0.3 is 5.76 Å². The van der Waals surface area contributed by atoms with Crippen molar-refractivity contribution in [3.05, 3.63) is 92.1 Å². The van der Waals surface area contributed by atoms with E-state index in [1.54, 1.807) is 9.47 Å². The molecule has 5 rings (SSSR count). The summed E-state index contributed by atoms with van der Waals surface area (Å²) in [6, 6.07) is 15.5. The second-order valence-electron chi connectivity index (χ2n) is 11.0. The predicted octanol–water partition coefficient (Wildman–Crippen LogP) is 4.13. The van der Waals surface area contributed by atoms with Gasteiger partial charge in [0.25, 0.3) is 5.56 Å². The van der Waals surface area contributed by atoms with Crippen LogP contribution in [0.3, 0.4) is 0 Å². The Bertz CT molecular complexity index is 1660. The molecule has 2 atom stereocenters. The number of H-pyrrole nitrogens is 1. The highest BCUT2D eigenvalue weighted by Gasteiger charge is 2.27. The third-order valence-corrected chi connectivity index (χ3v) is 7.63. The first-order valence-corrected chi connectivity index (χ1v) is 14.5. The molecule has 10 heteroatoms. The number of unbranched alkanes of at least 4 members (excludes halogenated alkanes) is 1. The first-order valence-electron chi connectivity index (χ1n) is 14.5. The molecule has 0 bridgehead atoms. The van der Waals surface area contributed by atoms with E-state index in [-0.39, 0.29) is 30.1 Å². The molecular weight excluding hydrogens is 534 g/mol. The van der Waals surface area contributed by atoms with Crippen LogP contribution in [0.2, 0.25) is 0 Å². The van der Waals surface area contributed by atoms with Gasteiger partial charge < -0.3 is 9.64 Å². The fourth-order valence-corrected chi connectivity index (χ4v) is 5.55. The zero-order chi connectivity index (χ0) is 29.8. The van der Waals surface area contributed by atoms with Crippen LogP contribution in [0.25, 0.3) is 22.5 Å². The Kier molecular flexibility index (Phi) is 8.82. The van der Waals surface area contributed by atoms with Crippen LogP contribution in [0.4, 0.5) is 0 Å². The van der Waals surface area contributed by atoms with Crippen molar-refractivity contribution in [2.45, 2.75) is 72.1 Å². The topological polar surface area (TPSA) is 123 Å². The van der Waals surface area contributed by atoms with Crippen molar-refractivity contribution < 1.29 is 14.1 Å². The lowest BCUT2D eigenvalue weighted by atomic mass is 9.98. The molecule has 2 unspecified atom stereocenters. The smallest absolute Gasteiger partial charge is 0.372 e. The third-order valence-electron chi connectivity index (χ3n) is 7.63. The number of aromatic amines is 1. The summed E-state index contributed by atoms with van der Waals surface area (Å²) in [5.74, 6) is 0.402. The van der Waals surface area contributed by atoms with E-state index in [0.717, 1.165) is 40.9 Å². The highest BCUT2D eigenvalue weighted by molar-refractivity contribution is 5.80. The number of aromatic nitrogens is 4. The van der Waals surface area contributed by atoms with Gasteiger partial charge in [0.15, 0.2) is 5.82 Å². The molecule has 1 saturated heterocycles. The molecule has 1 aliphatic rings. The van der Waals surface area contributed by atoms with Crippen molar-refractivity contribution in [3.8, 4) is 22.5 Å². The minimum atomic E-state index is -0.610. The summed E-state index contributed by atoms with van der Waals surface area (Å²) in [4.78, 5) is 47.9. The number of morpholine rings is 1. The Hall–Kier alpha value is -4.31. The van der Waals surface area contributed by atoms with E-state index in [4.69, 9.17) is 14.2 Å². The molecule has 0 spiro atoms. The lowest BCUT2D eigenvalue weighted by Gasteiger charge is -2.35. The van der Waals surface area contributed by atoms with Crippen molar-refractivity contribution in [3.63, 3.8) is 0 Å². The molecule has 1 fully saturated rings. The van der Waals surface area contributed by atoms with Crippen LogP contribution in [0.1, 0.15) is 56.3 Å². The Labute approximate surface area is 244 Å². The molecule has 42 heavy (non-hydrogen) atoms. The van der Waals surface area contributed by atoms with E-state index in [9.17, 15) is 14.4 Å². The molecule has 3 heterocycles. The average molecular weight is 572 g/mol. The number of nitrogens with zero attached hydrogens (tertiary/aromatic N) is 4. The number of carbonyl (C=O) groups is 1.